The van der Waals surface area contributed by atoms with Gasteiger partial charge in [0, 0.05) is 14.1 Å². The van der Waals surface area contributed by atoms with Gasteiger partial charge < -0.3 is 14.6 Å². The predicted molar refractivity (Wildman–Crippen MR) is 65.9 cm³/mol. The highest BCUT2D eigenvalue weighted by Crippen LogP contribution is 2.25. The molecule has 0 aliphatic heterocycles. The van der Waals surface area contributed by atoms with Crippen LogP contribution in [0.15, 0.2) is 10.9 Å². The first kappa shape index (κ1) is 11.6. The number of rotatable bonds is 2. The number of H-pyrrole nitrogens is 1. The number of ether oxygens (including phenoxy) is 1. The molecule has 0 aliphatic carbocycles. The van der Waals surface area contributed by atoms with E-state index in [0.29, 0.717) is 10.3 Å². The monoisotopic (exact) mass is 253 g/mol. The highest BCUT2D eigenvalue weighted by atomic mass is 32.1. The fourth-order valence-corrected chi connectivity index (χ4v) is 2.20. The maximum absolute atomic E-state index is 11.6. The summed E-state index contributed by atoms with van der Waals surface area (Å²) in [5.41, 5.74) is 0.0904. The number of pyridine rings is 1. The lowest BCUT2D eigenvalue weighted by Gasteiger charge is -2.04. The van der Waals surface area contributed by atoms with Crippen molar-refractivity contribution in [1.82, 2.24) is 9.97 Å². The molecule has 2 aromatic heterocycles. The normalized spacial score (nSPS) is 10.5. The van der Waals surface area contributed by atoms with Gasteiger partial charge in [0.1, 0.15) is 15.9 Å². The van der Waals surface area contributed by atoms with Crippen molar-refractivity contribution < 1.29 is 9.53 Å². The molecule has 2 heterocycles. The average molecular weight is 253 g/mol. The van der Waals surface area contributed by atoms with Crippen molar-refractivity contribution in [3.63, 3.8) is 0 Å². The van der Waals surface area contributed by atoms with Crippen molar-refractivity contribution in [1.29, 1.82) is 0 Å². The van der Waals surface area contributed by atoms with Crippen LogP contribution in [0.3, 0.4) is 0 Å². The Morgan fingerprint density at radius 3 is 2.82 bits per heavy atom. The zero-order valence-corrected chi connectivity index (χ0v) is 10.4. The molecule has 0 atom stereocenters. The summed E-state index contributed by atoms with van der Waals surface area (Å²) in [4.78, 5) is 32.4. The van der Waals surface area contributed by atoms with Crippen LogP contribution in [0.25, 0.3) is 10.3 Å². The van der Waals surface area contributed by atoms with Crippen LogP contribution in [0, 0.1) is 0 Å². The molecule has 1 N–H and O–H groups in total. The Bertz CT molecular complexity index is 629. The maximum Gasteiger partial charge on any atom is 0.343 e. The summed E-state index contributed by atoms with van der Waals surface area (Å²) in [6.07, 6.45) is 0. The van der Waals surface area contributed by atoms with E-state index in [2.05, 4.69) is 14.7 Å². The predicted octanol–water partition coefficient (Wildman–Crippen LogP) is 0.837. The number of aromatic amines is 1. The summed E-state index contributed by atoms with van der Waals surface area (Å²) in [6, 6.07) is 1.45. The highest BCUT2D eigenvalue weighted by molar-refractivity contribution is 7.21. The maximum atomic E-state index is 11.6. The molecule has 2 rings (SSSR count). The van der Waals surface area contributed by atoms with Gasteiger partial charge in [0.15, 0.2) is 5.13 Å². The summed E-state index contributed by atoms with van der Waals surface area (Å²) < 4.78 is 4.53. The van der Waals surface area contributed by atoms with Gasteiger partial charge in [-0.15, -0.1) is 0 Å². The molecule has 0 aromatic carbocycles. The molecule has 6 nitrogen and oxygen atoms in total. The van der Waals surface area contributed by atoms with Crippen molar-refractivity contribution in [2.24, 2.45) is 0 Å². The number of nitrogens with zero attached hydrogens (tertiary/aromatic N) is 2. The van der Waals surface area contributed by atoms with E-state index in [0.717, 1.165) is 5.13 Å². The van der Waals surface area contributed by atoms with Gasteiger partial charge in [-0.2, -0.15) is 0 Å². The van der Waals surface area contributed by atoms with Crippen molar-refractivity contribution in [3.05, 3.63) is 22.0 Å². The Morgan fingerprint density at radius 1 is 1.53 bits per heavy atom. The Morgan fingerprint density at radius 2 is 2.24 bits per heavy atom. The van der Waals surface area contributed by atoms with E-state index in [1.54, 1.807) is 0 Å². The molecule has 0 spiro atoms. The zero-order chi connectivity index (χ0) is 12.6. The molecule has 17 heavy (non-hydrogen) atoms. The SMILES string of the molecule is COC(=O)c1cc2nc(N(C)C)sc2[nH]c1=O. The lowest BCUT2D eigenvalue weighted by atomic mass is 10.3. The smallest absolute Gasteiger partial charge is 0.343 e. The van der Waals surface area contributed by atoms with Gasteiger partial charge in [0.05, 0.1) is 7.11 Å². The standard InChI is InChI=1S/C10H11N3O3S/c1-13(2)10-11-6-4-5(9(15)16-3)7(14)12-8(6)17-10/h4H,1-3H3,(H,12,14). The van der Waals surface area contributed by atoms with E-state index < -0.39 is 11.5 Å². The molecule has 2 aromatic rings. The molecular formula is C10H11N3O3S. The molecule has 0 bridgehead atoms. The largest absolute Gasteiger partial charge is 0.465 e. The number of aromatic nitrogens is 2. The van der Waals surface area contributed by atoms with E-state index in [9.17, 15) is 9.59 Å². The number of hydrogen-bond donors (Lipinski definition) is 1. The Hall–Kier alpha value is -1.89. The fourth-order valence-electron chi connectivity index (χ4n) is 1.33. The van der Waals surface area contributed by atoms with Crippen LogP contribution in [-0.2, 0) is 4.74 Å². The van der Waals surface area contributed by atoms with E-state index in [1.807, 2.05) is 19.0 Å². The van der Waals surface area contributed by atoms with E-state index in [4.69, 9.17) is 0 Å². The highest BCUT2D eigenvalue weighted by Gasteiger charge is 2.14. The summed E-state index contributed by atoms with van der Waals surface area (Å²) in [7, 11) is 4.95. The number of thiazole rings is 1. The van der Waals surface area contributed by atoms with Crippen LogP contribution in [-0.4, -0.2) is 37.1 Å². The molecule has 0 aliphatic rings. The van der Waals surface area contributed by atoms with Gasteiger partial charge in [0.2, 0.25) is 0 Å². The Kier molecular flexibility index (Phi) is 2.84. The number of nitrogens with one attached hydrogen (secondary N) is 1. The Balaban J connectivity index is 2.64. The van der Waals surface area contributed by atoms with Gasteiger partial charge >= 0.3 is 5.97 Å². The summed E-state index contributed by atoms with van der Waals surface area (Å²) in [5.74, 6) is -0.660. The third kappa shape index (κ3) is 2.01. The third-order valence-corrected chi connectivity index (χ3v) is 3.34. The first-order chi connectivity index (χ1) is 8.02. The van der Waals surface area contributed by atoms with E-state index in [1.165, 1.54) is 24.5 Å². The minimum Gasteiger partial charge on any atom is -0.465 e. The molecule has 0 radical (unpaired) electrons. The van der Waals surface area contributed by atoms with Crippen molar-refractivity contribution in [2.45, 2.75) is 0 Å². The van der Waals surface area contributed by atoms with Gasteiger partial charge in [-0.3, -0.25) is 4.79 Å². The topological polar surface area (TPSA) is 75.3 Å². The second-order valence-electron chi connectivity index (χ2n) is 3.61. The molecule has 0 fully saturated rings. The quantitative estimate of drug-likeness (QED) is 0.803. The van der Waals surface area contributed by atoms with E-state index in [-0.39, 0.29) is 5.56 Å². The first-order valence-electron chi connectivity index (χ1n) is 4.82. The molecule has 0 saturated heterocycles. The van der Waals surface area contributed by atoms with Crippen LogP contribution in [0.4, 0.5) is 5.13 Å². The molecule has 0 saturated carbocycles. The summed E-state index contributed by atoms with van der Waals surface area (Å²) in [5, 5.41) is 0.762. The summed E-state index contributed by atoms with van der Waals surface area (Å²) >= 11 is 1.35. The number of anilines is 1. The van der Waals surface area contributed by atoms with Crippen molar-refractivity contribution in [2.75, 3.05) is 26.1 Å². The third-order valence-electron chi connectivity index (χ3n) is 2.18. The lowest BCUT2D eigenvalue weighted by molar-refractivity contribution is 0.0599. The molecule has 0 amide bonds. The molecule has 0 unspecified atom stereocenters. The number of carbonyl (C=O) groups excluding carboxylic acids is 1. The van der Waals surface area contributed by atoms with Gasteiger partial charge in [0.25, 0.3) is 5.56 Å². The number of fused-ring (bicyclic) bond motifs is 1. The van der Waals surface area contributed by atoms with Crippen LogP contribution >= 0.6 is 11.3 Å². The number of esters is 1. The Labute approximate surface area is 101 Å². The second kappa shape index (κ2) is 4.17. The van der Waals surface area contributed by atoms with Gasteiger partial charge in [-0.05, 0) is 6.07 Å². The van der Waals surface area contributed by atoms with Crippen LogP contribution < -0.4 is 10.5 Å². The molecular weight excluding hydrogens is 242 g/mol. The van der Waals surface area contributed by atoms with Crippen LogP contribution in [0.5, 0.6) is 0 Å². The minimum absolute atomic E-state index is 0.0318. The van der Waals surface area contributed by atoms with Crippen molar-refractivity contribution >= 4 is 32.8 Å². The average Bonchev–Trinajstić information content (AvgIpc) is 2.69. The first-order valence-corrected chi connectivity index (χ1v) is 5.64. The summed E-state index contributed by atoms with van der Waals surface area (Å²) in [6.45, 7) is 0. The van der Waals surface area contributed by atoms with Crippen LogP contribution in [0.1, 0.15) is 10.4 Å². The fraction of sp³-hybridized carbons (Fsp3) is 0.300. The number of hydrogen-bond acceptors (Lipinski definition) is 6. The van der Waals surface area contributed by atoms with Crippen molar-refractivity contribution in [3.8, 4) is 0 Å². The molecule has 90 valence electrons. The van der Waals surface area contributed by atoms with E-state index >= 15 is 0 Å². The van der Waals surface area contributed by atoms with Crippen LogP contribution in [0.2, 0.25) is 0 Å². The lowest BCUT2D eigenvalue weighted by Crippen LogP contribution is -2.18. The number of methoxy groups -OCH3 is 1. The zero-order valence-electron chi connectivity index (χ0n) is 9.60. The van der Waals surface area contributed by atoms with Gasteiger partial charge in [-0.1, -0.05) is 11.3 Å². The minimum atomic E-state index is -0.660. The van der Waals surface area contributed by atoms with Gasteiger partial charge in [-0.25, -0.2) is 9.78 Å². The second-order valence-corrected chi connectivity index (χ2v) is 4.59. The number of carbonyl (C=O) groups is 1. The molecule has 7 heteroatoms.